The van der Waals surface area contributed by atoms with Crippen LogP contribution in [0.2, 0.25) is 0 Å². The summed E-state index contributed by atoms with van der Waals surface area (Å²) in [7, 11) is 1.39. The first-order chi connectivity index (χ1) is 6.27. The number of methoxy groups -OCH3 is 1. The van der Waals surface area contributed by atoms with Crippen molar-refractivity contribution in [2.45, 2.75) is 25.1 Å². The van der Waals surface area contributed by atoms with Crippen LogP contribution >= 0.6 is 12.4 Å². The second-order valence-electron chi connectivity index (χ2n) is 2.93. The normalized spacial score (nSPS) is 25.2. The Hall–Kier alpha value is -0.580. The number of hydrogen-bond acceptors (Lipinski definition) is 4. The molecule has 1 fully saturated rings. The average molecular weight is 222 g/mol. The van der Waals surface area contributed by atoms with Crippen molar-refractivity contribution in [1.29, 1.82) is 0 Å². The van der Waals surface area contributed by atoms with Gasteiger partial charge in [0.15, 0.2) is 0 Å². The highest BCUT2D eigenvalue weighted by Crippen LogP contribution is 2.14. The van der Waals surface area contributed by atoms with Crippen LogP contribution in [0.15, 0.2) is 12.7 Å². The van der Waals surface area contributed by atoms with E-state index in [1.807, 2.05) is 0 Å². The molecule has 1 aliphatic heterocycles. The van der Waals surface area contributed by atoms with E-state index in [1.54, 1.807) is 6.08 Å². The molecule has 0 radical (unpaired) electrons. The lowest BCUT2D eigenvalue weighted by atomic mass is 10.2. The van der Waals surface area contributed by atoms with Gasteiger partial charge in [-0.25, -0.2) is 0 Å². The molecule has 0 aromatic rings. The Labute approximate surface area is 90.1 Å². The summed E-state index contributed by atoms with van der Waals surface area (Å²) < 4.78 is 9.95. The van der Waals surface area contributed by atoms with Crippen molar-refractivity contribution in [2.24, 2.45) is 0 Å². The third kappa shape index (κ3) is 3.65. The summed E-state index contributed by atoms with van der Waals surface area (Å²) >= 11 is 0. The molecule has 1 heterocycles. The Morgan fingerprint density at radius 2 is 2.36 bits per heavy atom. The number of rotatable bonds is 4. The molecule has 5 heteroatoms. The summed E-state index contributed by atoms with van der Waals surface area (Å²) in [6, 6.07) is -0.209. The van der Waals surface area contributed by atoms with Crippen LogP contribution in [-0.4, -0.2) is 32.0 Å². The van der Waals surface area contributed by atoms with E-state index >= 15 is 0 Å². The van der Waals surface area contributed by atoms with Crippen LogP contribution < -0.4 is 5.32 Å². The van der Waals surface area contributed by atoms with E-state index in [9.17, 15) is 4.79 Å². The summed E-state index contributed by atoms with van der Waals surface area (Å²) in [5, 5.41) is 3.03. The largest absolute Gasteiger partial charge is 0.468 e. The zero-order chi connectivity index (χ0) is 9.68. The molecule has 0 aromatic carbocycles. The number of halogens is 1. The van der Waals surface area contributed by atoms with Crippen LogP contribution in [0.25, 0.3) is 0 Å². The first-order valence-electron chi connectivity index (χ1n) is 4.34. The van der Waals surface area contributed by atoms with Crippen LogP contribution in [0, 0.1) is 0 Å². The number of carbonyl (C=O) groups is 1. The van der Waals surface area contributed by atoms with Crippen LogP contribution in [-0.2, 0) is 14.3 Å². The van der Waals surface area contributed by atoms with Gasteiger partial charge in [0.05, 0.1) is 13.7 Å². The second kappa shape index (κ2) is 6.81. The van der Waals surface area contributed by atoms with Gasteiger partial charge in [-0.15, -0.1) is 19.0 Å². The van der Waals surface area contributed by atoms with Gasteiger partial charge in [-0.1, -0.05) is 6.08 Å². The quantitative estimate of drug-likeness (QED) is 0.565. The summed E-state index contributed by atoms with van der Waals surface area (Å²) in [5.41, 5.74) is 0. The van der Waals surface area contributed by atoms with Crippen molar-refractivity contribution in [3.8, 4) is 0 Å². The highest BCUT2D eigenvalue weighted by Gasteiger charge is 2.29. The Bertz CT molecular complexity index is 198. The summed E-state index contributed by atoms with van der Waals surface area (Å²) in [6.07, 6.45) is 3.26. The van der Waals surface area contributed by atoms with Crippen molar-refractivity contribution < 1.29 is 14.3 Å². The van der Waals surface area contributed by atoms with E-state index in [-0.39, 0.29) is 30.6 Å². The van der Waals surface area contributed by atoms with Gasteiger partial charge in [-0.2, -0.15) is 0 Å². The fourth-order valence-corrected chi connectivity index (χ4v) is 1.35. The van der Waals surface area contributed by atoms with Crippen molar-refractivity contribution in [3.63, 3.8) is 0 Å². The Morgan fingerprint density at radius 3 is 2.93 bits per heavy atom. The van der Waals surface area contributed by atoms with Gasteiger partial charge in [-0.3, -0.25) is 10.1 Å². The van der Waals surface area contributed by atoms with Gasteiger partial charge in [0.25, 0.3) is 0 Å². The number of hydrogen-bond donors (Lipinski definition) is 1. The highest BCUT2D eigenvalue weighted by atomic mass is 35.5. The maximum Gasteiger partial charge on any atom is 0.322 e. The molecule has 1 rings (SSSR count). The molecular formula is C9H16ClNO3. The molecule has 1 N–H and O–H groups in total. The van der Waals surface area contributed by atoms with Gasteiger partial charge in [-0.05, 0) is 12.8 Å². The van der Waals surface area contributed by atoms with Crippen LogP contribution in [0.1, 0.15) is 12.8 Å². The minimum absolute atomic E-state index is 0. The van der Waals surface area contributed by atoms with E-state index < -0.39 is 0 Å². The fraction of sp³-hybridized carbons (Fsp3) is 0.667. The van der Waals surface area contributed by atoms with Gasteiger partial charge in [0.1, 0.15) is 12.3 Å². The Kier molecular flexibility index (Phi) is 6.53. The average Bonchev–Trinajstić information content (AvgIpc) is 2.62. The maximum absolute atomic E-state index is 11.1. The third-order valence-corrected chi connectivity index (χ3v) is 2.01. The zero-order valence-electron chi connectivity index (χ0n) is 8.19. The lowest BCUT2D eigenvalue weighted by molar-refractivity contribution is -0.143. The topological polar surface area (TPSA) is 47.6 Å². The summed E-state index contributed by atoms with van der Waals surface area (Å²) in [5.74, 6) is -0.218. The fourth-order valence-electron chi connectivity index (χ4n) is 1.35. The molecule has 2 unspecified atom stereocenters. The van der Waals surface area contributed by atoms with Gasteiger partial charge < -0.3 is 9.47 Å². The molecule has 0 saturated carbocycles. The van der Waals surface area contributed by atoms with Gasteiger partial charge >= 0.3 is 5.97 Å². The molecule has 0 aromatic heterocycles. The first kappa shape index (κ1) is 13.4. The Morgan fingerprint density at radius 1 is 1.64 bits per heavy atom. The van der Waals surface area contributed by atoms with Crippen LogP contribution in [0.5, 0.6) is 0 Å². The predicted octanol–water partition coefficient (Wildman–Crippen LogP) is 0.862. The van der Waals surface area contributed by atoms with Gasteiger partial charge in [0, 0.05) is 0 Å². The number of ether oxygens (including phenoxy) is 2. The molecule has 82 valence electrons. The Balaban J connectivity index is 0.00000169. The third-order valence-electron chi connectivity index (χ3n) is 2.01. The zero-order valence-corrected chi connectivity index (χ0v) is 9.01. The molecule has 1 aliphatic rings. The van der Waals surface area contributed by atoms with Crippen molar-refractivity contribution in [3.05, 3.63) is 12.7 Å². The first-order valence-corrected chi connectivity index (χ1v) is 4.34. The molecule has 4 nitrogen and oxygen atoms in total. The minimum Gasteiger partial charge on any atom is -0.468 e. The number of carbonyl (C=O) groups excluding carboxylic acids is 1. The van der Waals surface area contributed by atoms with E-state index in [0.29, 0.717) is 6.61 Å². The van der Waals surface area contributed by atoms with Crippen LogP contribution in [0.4, 0.5) is 0 Å². The highest BCUT2D eigenvalue weighted by molar-refractivity contribution is 5.85. The minimum atomic E-state index is -0.218. The van der Waals surface area contributed by atoms with E-state index in [4.69, 9.17) is 4.74 Å². The molecule has 1 saturated heterocycles. The standard InChI is InChI=1S/C9H15NO3.ClH/c1-3-6-13-8-5-4-7(10-8)9(11)12-2;/h3,7-8,10H,1,4-6H2,2H3;1H. The van der Waals surface area contributed by atoms with E-state index in [0.717, 1.165) is 12.8 Å². The lowest BCUT2D eigenvalue weighted by Crippen LogP contribution is -2.37. The second-order valence-corrected chi connectivity index (χ2v) is 2.93. The van der Waals surface area contributed by atoms with Crippen LogP contribution in [0.3, 0.4) is 0 Å². The predicted molar refractivity (Wildman–Crippen MR) is 55.4 cm³/mol. The molecule has 0 aliphatic carbocycles. The van der Waals surface area contributed by atoms with Crippen molar-refractivity contribution in [1.82, 2.24) is 5.32 Å². The number of esters is 1. The smallest absolute Gasteiger partial charge is 0.322 e. The lowest BCUT2D eigenvalue weighted by Gasteiger charge is -2.12. The molecule has 14 heavy (non-hydrogen) atoms. The summed E-state index contributed by atoms with van der Waals surface area (Å²) in [6.45, 7) is 4.05. The molecule has 0 spiro atoms. The van der Waals surface area contributed by atoms with E-state index in [2.05, 4.69) is 16.6 Å². The molecule has 0 amide bonds. The van der Waals surface area contributed by atoms with Crippen molar-refractivity contribution >= 4 is 18.4 Å². The molecular weight excluding hydrogens is 206 g/mol. The SMILES string of the molecule is C=CCOC1CCC(C(=O)OC)N1.Cl. The summed E-state index contributed by atoms with van der Waals surface area (Å²) in [4.78, 5) is 11.1. The molecule has 2 atom stereocenters. The van der Waals surface area contributed by atoms with Crippen molar-refractivity contribution in [2.75, 3.05) is 13.7 Å². The van der Waals surface area contributed by atoms with Gasteiger partial charge in [0.2, 0.25) is 0 Å². The maximum atomic E-state index is 11.1. The molecule has 0 bridgehead atoms. The van der Waals surface area contributed by atoms with E-state index in [1.165, 1.54) is 7.11 Å². The number of nitrogens with one attached hydrogen (secondary N) is 1. The monoisotopic (exact) mass is 221 g/mol.